The Kier molecular flexibility index (Phi) is 5.17. The van der Waals surface area contributed by atoms with Crippen LogP contribution in [-0.4, -0.2) is 40.6 Å². The van der Waals surface area contributed by atoms with Crippen molar-refractivity contribution in [1.29, 1.82) is 0 Å². The Morgan fingerprint density at radius 3 is 1.71 bits per heavy atom. The van der Waals surface area contributed by atoms with Crippen molar-refractivity contribution in [2.45, 2.75) is 42.2 Å². The van der Waals surface area contributed by atoms with Crippen molar-refractivity contribution < 1.29 is 21.9 Å². The monoisotopic (exact) mass is 336 g/mol. The van der Waals surface area contributed by atoms with Gasteiger partial charge in [-0.3, -0.25) is 0 Å². The third kappa shape index (κ3) is 4.24. The molecule has 0 spiro atoms. The third-order valence-electron chi connectivity index (χ3n) is 3.15. The van der Waals surface area contributed by atoms with Crippen LogP contribution in [0.15, 0.2) is 34.1 Å². The molecule has 0 aliphatic carbocycles. The predicted octanol–water partition coefficient (Wildman–Crippen LogP) is 0.0324. The molecule has 0 saturated carbocycles. The van der Waals surface area contributed by atoms with E-state index in [0.717, 1.165) is 0 Å². The highest BCUT2D eigenvalue weighted by Gasteiger charge is 2.30. The molecular formula is C12H20N2O5S2. The molecule has 0 saturated heterocycles. The zero-order valence-electron chi connectivity index (χ0n) is 12.3. The van der Waals surface area contributed by atoms with E-state index in [1.165, 1.54) is 38.2 Å². The SMILES string of the molecule is CNS(=O)(=O)c1ccc(S(=O)(=O)NC(C)(C)C(C)O)cc1. The molecule has 0 aromatic heterocycles. The summed E-state index contributed by atoms with van der Waals surface area (Å²) in [4.78, 5) is -0.106. The van der Waals surface area contributed by atoms with Crippen molar-refractivity contribution in [3.05, 3.63) is 24.3 Å². The molecule has 0 bridgehead atoms. The van der Waals surface area contributed by atoms with E-state index < -0.39 is 31.7 Å². The van der Waals surface area contributed by atoms with Gasteiger partial charge in [0.05, 0.1) is 21.4 Å². The number of hydrogen-bond acceptors (Lipinski definition) is 5. The van der Waals surface area contributed by atoms with Crippen LogP contribution in [0.2, 0.25) is 0 Å². The zero-order valence-corrected chi connectivity index (χ0v) is 13.9. The van der Waals surface area contributed by atoms with Crippen LogP contribution in [0, 0.1) is 0 Å². The van der Waals surface area contributed by atoms with E-state index in [9.17, 15) is 21.9 Å². The molecule has 1 unspecified atom stereocenters. The lowest BCUT2D eigenvalue weighted by atomic mass is 10.0. The quantitative estimate of drug-likeness (QED) is 0.678. The van der Waals surface area contributed by atoms with Gasteiger partial charge < -0.3 is 5.11 Å². The second-order valence-corrected chi connectivity index (χ2v) is 8.75. The van der Waals surface area contributed by atoms with E-state index in [4.69, 9.17) is 0 Å². The first kappa shape index (κ1) is 18.1. The highest BCUT2D eigenvalue weighted by atomic mass is 32.2. The minimum Gasteiger partial charge on any atom is -0.391 e. The van der Waals surface area contributed by atoms with E-state index in [2.05, 4.69) is 9.44 Å². The van der Waals surface area contributed by atoms with Gasteiger partial charge in [-0.2, -0.15) is 0 Å². The Balaban J connectivity index is 3.12. The summed E-state index contributed by atoms with van der Waals surface area (Å²) < 4.78 is 52.1. The summed E-state index contributed by atoms with van der Waals surface area (Å²) in [6.07, 6.45) is -0.892. The van der Waals surface area contributed by atoms with Crippen molar-refractivity contribution in [2.75, 3.05) is 7.05 Å². The lowest BCUT2D eigenvalue weighted by Crippen LogP contribution is -2.50. The summed E-state index contributed by atoms with van der Waals surface area (Å²) in [5, 5.41) is 9.56. The molecule has 120 valence electrons. The summed E-state index contributed by atoms with van der Waals surface area (Å²) in [7, 11) is -6.20. The molecular weight excluding hydrogens is 316 g/mol. The smallest absolute Gasteiger partial charge is 0.241 e. The number of nitrogens with one attached hydrogen (secondary N) is 2. The fourth-order valence-electron chi connectivity index (χ4n) is 1.41. The van der Waals surface area contributed by atoms with Gasteiger partial charge in [0.25, 0.3) is 0 Å². The van der Waals surface area contributed by atoms with Crippen LogP contribution in [0.4, 0.5) is 0 Å². The topological polar surface area (TPSA) is 113 Å². The molecule has 1 rings (SSSR count). The van der Waals surface area contributed by atoms with E-state index >= 15 is 0 Å². The summed E-state index contributed by atoms with van der Waals surface area (Å²) in [5.41, 5.74) is -1.05. The molecule has 0 amide bonds. The molecule has 0 fully saturated rings. The van der Waals surface area contributed by atoms with Crippen molar-refractivity contribution in [2.24, 2.45) is 0 Å². The predicted molar refractivity (Wildman–Crippen MR) is 78.8 cm³/mol. The Labute approximate surface area is 125 Å². The number of benzene rings is 1. The maximum absolute atomic E-state index is 12.2. The first-order valence-corrected chi connectivity index (χ1v) is 9.15. The van der Waals surface area contributed by atoms with Gasteiger partial charge >= 0.3 is 0 Å². The average Bonchev–Trinajstić information content (AvgIpc) is 2.37. The Morgan fingerprint density at radius 1 is 1.00 bits per heavy atom. The number of sulfonamides is 2. The number of aliphatic hydroxyl groups excluding tert-OH is 1. The van der Waals surface area contributed by atoms with Gasteiger partial charge in [0.1, 0.15) is 0 Å². The molecule has 0 heterocycles. The van der Waals surface area contributed by atoms with Gasteiger partial charge in [0.2, 0.25) is 20.0 Å². The molecule has 1 atom stereocenters. The largest absolute Gasteiger partial charge is 0.391 e. The van der Waals surface area contributed by atoms with Crippen LogP contribution in [0.1, 0.15) is 20.8 Å². The number of hydrogen-bond donors (Lipinski definition) is 3. The molecule has 0 radical (unpaired) electrons. The Bertz CT molecular complexity index is 692. The van der Waals surface area contributed by atoms with E-state index in [0.29, 0.717) is 0 Å². The number of rotatable bonds is 6. The van der Waals surface area contributed by atoms with Gasteiger partial charge in [-0.25, -0.2) is 26.3 Å². The van der Waals surface area contributed by atoms with E-state index in [1.807, 2.05) is 0 Å². The molecule has 0 aliphatic heterocycles. The molecule has 21 heavy (non-hydrogen) atoms. The zero-order chi connectivity index (χ0) is 16.5. The molecule has 7 nitrogen and oxygen atoms in total. The van der Waals surface area contributed by atoms with E-state index in [1.54, 1.807) is 13.8 Å². The van der Waals surface area contributed by atoms with Crippen LogP contribution >= 0.6 is 0 Å². The fourth-order valence-corrected chi connectivity index (χ4v) is 3.61. The van der Waals surface area contributed by atoms with Crippen molar-refractivity contribution in [1.82, 2.24) is 9.44 Å². The number of aliphatic hydroxyl groups is 1. The molecule has 0 aliphatic rings. The minimum absolute atomic E-state index is 0.0289. The molecule has 1 aromatic rings. The van der Waals surface area contributed by atoms with Crippen molar-refractivity contribution >= 4 is 20.0 Å². The van der Waals surface area contributed by atoms with Crippen LogP contribution in [0.3, 0.4) is 0 Å². The Morgan fingerprint density at radius 2 is 1.38 bits per heavy atom. The van der Waals surface area contributed by atoms with Gasteiger partial charge in [0, 0.05) is 0 Å². The summed E-state index contributed by atoms with van der Waals surface area (Å²) >= 11 is 0. The summed E-state index contributed by atoms with van der Waals surface area (Å²) in [5.74, 6) is 0. The maximum Gasteiger partial charge on any atom is 0.241 e. The highest BCUT2D eigenvalue weighted by molar-refractivity contribution is 7.90. The summed E-state index contributed by atoms with van der Waals surface area (Å²) in [6, 6.07) is 4.81. The molecule has 1 aromatic carbocycles. The molecule has 9 heteroatoms. The van der Waals surface area contributed by atoms with E-state index in [-0.39, 0.29) is 9.79 Å². The van der Waals surface area contributed by atoms with Gasteiger partial charge in [-0.1, -0.05) is 0 Å². The average molecular weight is 336 g/mol. The lowest BCUT2D eigenvalue weighted by Gasteiger charge is -2.28. The van der Waals surface area contributed by atoms with Crippen LogP contribution in [-0.2, 0) is 20.0 Å². The highest BCUT2D eigenvalue weighted by Crippen LogP contribution is 2.18. The first-order chi connectivity index (χ1) is 9.42. The van der Waals surface area contributed by atoms with Crippen LogP contribution in [0.25, 0.3) is 0 Å². The second kappa shape index (κ2) is 6.01. The third-order valence-corrected chi connectivity index (χ3v) is 6.27. The van der Waals surface area contributed by atoms with Gasteiger partial charge in [0.15, 0.2) is 0 Å². The second-order valence-electron chi connectivity index (χ2n) is 5.18. The molecule has 3 N–H and O–H groups in total. The summed E-state index contributed by atoms with van der Waals surface area (Å²) in [6.45, 7) is 4.58. The fraction of sp³-hybridized carbons (Fsp3) is 0.500. The Hall–Kier alpha value is -1.00. The van der Waals surface area contributed by atoms with Gasteiger partial charge in [-0.05, 0) is 52.1 Å². The minimum atomic E-state index is -3.86. The van der Waals surface area contributed by atoms with Crippen molar-refractivity contribution in [3.63, 3.8) is 0 Å². The van der Waals surface area contributed by atoms with Crippen molar-refractivity contribution in [3.8, 4) is 0 Å². The first-order valence-electron chi connectivity index (χ1n) is 6.18. The normalized spacial score (nSPS) is 14.9. The van der Waals surface area contributed by atoms with Crippen LogP contribution in [0.5, 0.6) is 0 Å². The standard InChI is InChI=1S/C12H20N2O5S2/c1-9(15)12(2,3)14-21(18,19)11-7-5-10(6-8-11)20(16,17)13-4/h5-9,13-15H,1-4H3. The van der Waals surface area contributed by atoms with Crippen LogP contribution < -0.4 is 9.44 Å². The maximum atomic E-state index is 12.2. The van der Waals surface area contributed by atoms with Gasteiger partial charge in [-0.15, -0.1) is 0 Å². The lowest BCUT2D eigenvalue weighted by molar-refractivity contribution is 0.111.